The van der Waals surface area contributed by atoms with Crippen LogP contribution in [0.1, 0.15) is 5.56 Å². The third-order valence-electron chi connectivity index (χ3n) is 3.55. The molecule has 1 fully saturated rings. The van der Waals surface area contributed by atoms with Gasteiger partial charge in [0.25, 0.3) is 0 Å². The molecule has 1 aliphatic heterocycles. The number of nitrogens with zero attached hydrogens (tertiary/aromatic N) is 2. The number of rotatable bonds is 2. The number of pyridine rings is 1. The van der Waals surface area contributed by atoms with Gasteiger partial charge in [-0.15, -0.1) is 0 Å². The second-order valence-corrected chi connectivity index (χ2v) is 5.98. The molecule has 0 radical (unpaired) electrons. The van der Waals surface area contributed by atoms with Crippen molar-refractivity contribution in [3.05, 3.63) is 29.8 Å². The van der Waals surface area contributed by atoms with Crippen LogP contribution in [0.15, 0.2) is 24.3 Å². The van der Waals surface area contributed by atoms with Gasteiger partial charge in [0.1, 0.15) is 17.1 Å². The molecule has 1 aromatic carbocycles. The molecule has 3 rings (SSSR count). The van der Waals surface area contributed by atoms with Crippen molar-refractivity contribution in [1.82, 2.24) is 4.98 Å². The van der Waals surface area contributed by atoms with Crippen LogP contribution < -0.4 is 9.64 Å². The van der Waals surface area contributed by atoms with Gasteiger partial charge in [-0.25, -0.2) is 4.98 Å². The van der Waals surface area contributed by atoms with Crippen molar-refractivity contribution in [2.24, 2.45) is 0 Å². The predicted octanol–water partition coefficient (Wildman–Crippen LogP) is 3.11. The maximum Gasteiger partial charge on any atom is 0.145 e. The van der Waals surface area contributed by atoms with Crippen LogP contribution >= 0.6 is 11.8 Å². The molecule has 0 unspecified atom stereocenters. The zero-order chi connectivity index (χ0) is 13.2. The summed E-state index contributed by atoms with van der Waals surface area (Å²) >= 11 is 2.01. The zero-order valence-electron chi connectivity index (χ0n) is 11.3. The first kappa shape index (κ1) is 12.6. The summed E-state index contributed by atoms with van der Waals surface area (Å²) in [7, 11) is 1.70. The first-order chi connectivity index (χ1) is 9.29. The van der Waals surface area contributed by atoms with Crippen LogP contribution in [0, 0.1) is 6.92 Å². The Morgan fingerprint density at radius 2 is 2.05 bits per heavy atom. The normalized spacial score (nSPS) is 15.8. The van der Waals surface area contributed by atoms with Gasteiger partial charge in [0.2, 0.25) is 0 Å². The summed E-state index contributed by atoms with van der Waals surface area (Å²) in [6, 6.07) is 8.30. The van der Waals surface area contributed by atoms with Crippen molar-refractivity contribution < 1.29 is 4.74 Å². The Balaban J connectivity index is 2.11. The van der Waals surface area contributed by atoms with Gasteiger partial charge in [0, 0.05) is 30.0 Å². The molecule has 3 nitrogen and oxygen atoms in total. The number of ether oxygens (including phenoxy) is 1. The lowest BCUT2D eigenvalue weighted by Gasteiger charge is -2.28. The highest BCUT2D eigenvalue weighted by Crippen LogP contribution is 2.29. The molecule has 1 aliphatic rings. The third kappa shape index (κ3) is 2.37. The number of fused-ring (bicyclic) bond motifs is 1. The quantitative estimate of drug-likeness (QED) is 0.840. The van der Waals surface area contributed by atoms with E-state index in [-0.39, 0.29) is 0 Å². The van der Waals surface area contributed by atoms with Gasteiger partial charge < -0.3 is 9.64 Å². The summed E-state index contributed by atoms with van der Waals surface area (Å²) < 4.78 is 5.44. The number of benzene rings is 1. The minimum Gasteiger partial charge on any atom is -0.494 e. The molecule has 19 heavy (non-hydrogen) atoms. The van der Waals surface area contributed by atoms with Crippen LogP contribution in [0.25, 0.3) is 10.9 Å². The summed E-state index contributed by atoms with van der Waals surface area (Å²) in [5.41, 5.74) is 2.23. The number of thioether (sulfide) groups is 1. The van der Waals surface area contributed by atoms with E-state index in [0.29, 0.717) is 0 Å². The van der Waals surface area contributed by atoms with Crippen LogP contribution in [0.5, 0.6) is 5.75 Å². The minimum atomic E-state index is 0.855. The lowest BCUT2D eigenvalue weighted by atomic mass is 10.1. The summed E-state index contributed by atoms with van der Waals surface area (Å²) in [5.74, 6) is 4.30. The predicted molar refractivity (Wildman–Crippen MR) is 82.6 cm³/mol. The number of anilines is 1. The Morgan fingerprint density at radius 3 is 2.79 bits per heavy atom. The third-order valence-corrected chi connectivity index (χ3v) is 4.49. The maximum absolute atomic E-state index is 5.44. The van der Waals surface area contributed by atoms with E-state index >= 15 is 0 Å². The van der Waals surface area contributed by atoms with E-state index in [1.165, 1.54) is 22.5 Å². The first-order valence-electron chi connectivity index (χ1n) is 6.56. The van der Waals surface area contributed by atoms with E-state index in [4.69, 9.17) is 9.72 Å². The topological polar surface area (TPSA) is 25.4 Å². The van der Waals surface area contributed by atoms with E-state index in [0.717, 1.165) is 30.2 Å². The minimum absolute atomic E-state index is 0.855. The second-order valence-electron chi connectivity index (χ2n) is 4.75. The number of aryl methyl sites for hydroxylation is 1. The van der Waals surface area contributed by atoms with Crippen LogP contribution in [0.2, 0.25) is 0 Å². The molecule has 2 heterocycles. The van der Waals surface area contributed by atoms with Crippen LogP contribution in [0.3, 0.4) is 0 Å². The van der Waals surface area contributed by atoms with Crippen molar-refractivity contribution in [1.29, 1.82) is 0 Å². The highest BCUT2D eigenvalue weighted by molar-refractivity contribution is 7.99. The van der Waals surface area contributed by atoms with E-state index in [2.05, 4.69) is 24.0 Å². The standard InChI is InChI=1S/C15H18N2OS/c1-11-10-14(17-6-8-19-9-7-17)16-15-12(11)4-3-5-13(15)18-2/h3-5,10H,6-9H2,1-2H3. The Kier molecular flexibility index (Phi) is 3.51. The van der Waals surface area contributed by atoms with Crippen LogP contribution in [0.4, 0.5) is 5.82 Å². The van der Waals surface area contributed by atoms with Crippen molar-refractivity contribution in [3.8, 4) is 5.75 Å². The monoisotopic (exact) mass is 274 g/mol. The number of aromatic nitrogens is 1. The van der Waals surface area contributed by atoms with E-state index in [1.807, 2.05) is 23.9 Å². The summed E-state index contributed by atoms with van der Waals surface area (Å²) in [5, 5.41) is 1.18. The highest BCUT2D eigenvalue weighted by Gasteiger charge is 2.15. The van der Waals surface area contributed by atoms with E-state index < -0.39 is 0 Å². The Morgan fingerprint density at radius 1 is 1.26 bits per heavy atom. The molecular weight excluding hydrogens is 256 g/mol. The first-order valence-corrected chi connectivity index (χ1v) is 7.72. The highest BCUT2D eigenvalue weighted by atomic mass is 32.2. The lowest BCUT2D eigenvalue weighted by Crippen LogP contribution is -2.33. The molecule has 1 aromatic heterocycles. The Bertz CT molecular complexity index is 594. The lowest BCUT2D eigenvalue weighted by molar-refractivity contribution is 0.419. The molecule has 0 spiro atoms. The smallest absolute Gasteiger partial charge is 0.145 e. The van der Waals surface area contributed by atoms with E-state index in [1.54, 1.807) is 7.11 Å². The van der Waals surface area contributed by atoms with Crippen molar-refractivity contribution in [3.63, 3.8) is 0 Å². The van der Waals surface area contributed by atoms with Gasteiger partial charge in [-0.2, -0.15) is 11.8 Å². The van der Waals surface area contributed by atoms with Gasteiger partial charge in [-0.1, -0.05) is 12.1 Å². The molecule has 0 bridgehead atoms. The zero-order valence-corrected chi connectivity index (χ0v) is 12.2. The molecule has 0 amide bonds. The largest absolute Gasteiger partial charge is 0.494 e. The second kappa shape index (κ2) is 5.29. The Labute approximate surface area is 118 Å². The number of para-hydroxylation sites is 1. The van der Waals surface area contributed by atoms with Crippen LogP contribution in [-0.4, -0.2) is 36.7 Å². The molecule has 100 valence electrons. The van der Waals surface area contributed by atoms with Gasteiger partial charge >= 0.3 is 0 Å². The fraction of sp³-hybridized carbons (Fsp3) is 0.400. The summed E-state index contributed by atoms with van der Waals surface area (Å²) in [6.45, 7) is 4.31. The van der Waals surface area contributed by atoms with Gasteiger partial charge in [0.05, 0.1) is 7.11 Å². The van der Waals surface area contributed by atoms with Crippen LogP contribution in [-0.2, 0) is 0 Å². The van der Waals surface area contributed by atoms with Crippen molar-refractivity contribution >= 4 is 28.5 Å². The number of hydrogen-bond donors (Lipinski definition) is 0. The molecular formula is C15H18N2OS. The number of hydrogen-bond acceptors (Lipinski definition) is 4. The fourth-order valence-electron chi connectivity index (χ4n) is 2.49. The average molecular weight is 274 g/mol. The summed E-state index contributed by atoms with van der Waals surface area (Å²) in [6.07, 6.45) is 0. The van der Waals surface area contributed by atoms with E-state index in [9.17, 15) is 0 Å². The molecule has 2 aromatic rings. The molecule has 1 saturated heterocycles. The summed E-state index contributed by atoms with van der Waals surface area (Å²) in [4.78, 5) is 7.19. The van der Waals surface area contributed by atoms with Gasteiger partial charge in [0.15, 0.2) is 0 Å². The maximum atomic E-state index is 5.44. The molecule has 0 aliphatic carbocycles. The van der Waals surface area contributed by atoms with Crippen molar-refractivity contribution in [2.75, 3.05) is 36.6 Å². The average Bonchev–Trinajstić information content (AvgIpc) is 2.47. The van der Waals surface area contributed by atoms with Gasteiger partial charge in [-0.05, 0) is 24.6 Å². The Hall–Kier alpha value is -1.42. The molecule has 0 N–H and O–H groups in total. The molecule has 4 heteroatoms. The number of methoxy groups -OCH3 is 1. The van der Waals surface area contributed by atoms with Crippen molar-refractivity contribution in [2.45, 2.75) is 6.92 Å². The SMILES string of the molecule is COc1cccc2c(C)cc(N3CCSCC3)nc12. The van der Waals surface area contributed by atoms with Gasteiger partial charge in [-0.3, -0.25) is 0 Å². The molecule has 0 saturated carbocycles. The fourth-order valence-corrected chi connectivity index (χ4v) is 3.40. The molecule has 0 atom stereocenters.